The predicted molar refractivity (Wildman–Crippen MR) is 96.6 cm³/mol. The monoisotopic (exact) mass is 339 g/mol. The molecule has 3 rings (SSSR count). The van der Waals surface area contributed by atoms with E-state index in [1.165, 1.54) is 16.7 Å². The van der Waals surface area contributed by atoms with Gasteiger partial charge in [0.2, 0.25) is 0 Å². The molecular formula is C19H21N3O3. The number of rotatable bonds is 6. The molecule has 1 atom stereocenters. The van der Waals surface area contributed by atoms with Gasteiger partial charge in [-0.3, -0.25) is 0 Å². The fraction of sp³-hybridized carbons (Fsp3) is 0.263. The van der Waals surface area contributed by atoms with Crippen molar-refractivity contribution < 1.29 is 14.7 Å². The average Bonchev–Trinajstić information content (AvgIpc) is 2.96. The first-order valence-electron chi connectivity index (χ1n) is 8.30. The first kappa shape index (κ1) is 17.0. The molecule has 0 unspecified atom stereocenters. The Morgan fingerprint density at radius 1 is 1.12 bits per heavy atom. The summed E-state index contributed by atoms with van der Waals surface area (Å²) in [7, 11) is 0. The third kappa shape index (κ3) is 3.80. The topological polar surface area (TPSA) is 104 Å². The molecule has 0 aromatic heterocycles. The average molecular weight is 339 g/mol. The van der Waals surface area contributed by atoms with E-state index < -0.39 is 18.0 Å². The van der Waals surface area contributed by atoms with Crippen molar-refractivity contribution in [3.8, 4) is 11.1 Å². The van der Waals surface area contributed by atoms with E-state index >= 15 is 0 Å². The largest absolute Gasteiger partial charge is 0.480 e. The summed E-state index contributed by atoms with van der Waals surface area (Å²) >= 11 is 0. The highest BCUT2D eigenvalue weighted by atomic mass is 16.4. The summed E-state index contributed by atoms with van der Waals surface area (Å²) in [5, 5.41) is 14.4. The summed E-state index contributed by atoms with van der Waals surface area (Å²) in [5.74, 6) is -1.06. The van der Waals surface area contributed by atoms with Gasteiger partial charge in [0.25, 0.3) is 0 Å². The number of hydrogen-bond donors (Lipinski definition) is 4. The van der Waals surface area contributed by atoms with Crippen LogP contribution in [0.1, 0.15) is 24.0 Å². The highest BCUT2D eigenvalue weighted by molar-refractivity contribution is 5.93. The Morgan fingerprint density at radius 2 is 1.88 bits per heavy atom. The molecule has 0 saturated heterocycles. The number of amides is 2. The van der Waals surface area contributed by atoms with Gasteiger partial charge in [0.1, 0.15) is 6.04 Å². The summed E-state index contributed by atoms with van der Waals surface area (Å²) in [6.07, 6.45) is 1.67. The summed E-state index contributed by atoms with van der Waals surface area (Å²) in [4.78, 5) is 23.3. The van der Waals surface area contributed by atoms with Gasteiger partial charge in [-0.1, -0.05) is 30.3 Å². The van der Waals surface area contributed by atoms with Crippen molar-refractivity contribution in [2.24, 2.45) is 5.73 Å². The second kappa shape index (κ2) is 7.36. The molecule has 0 fully saturated rings. The molecular weight excluding hydrogens is 318 g/mol. The van der Waals surface area contributed by atoms with Crippen LogP contribution in [-0.4, -0.2) is 29.7 Å². The lowest BCUT2D eigenvalue weighted by Gasteiger charge is -2.15. The third-order valence-electron chi connectivity index (χ3n) is 4.35. The molecule has 2 aromatic rings. The van der Waals surface area contributed by atoms with Gasteiger partial charge in [0, 0.05) is 5.69 Å². The predicted octanol–water partition coefficient (Wildman–Crippen LogP) is 2.57. The lowest BCUT2D eigenvalue weighted by molar-refractivity contribution is -0.139. The Balaban J connectivity index is 1.67. The van der Waals surface area contributed by atoms with E-state index in [-0.39, 0.29) is 0 Å². The standard InChI is InChI=1S/C19H21N3O3/c20-9-3-6-17(18(23)24)22-19(25)21-14-7-8-16-13(11-14)10-12-4-1-2-5-15(12)16/h1-2,4-5,7-8,11,17H,3,6,9-10,20H2,(H,23,24)(H2,21,22,25)/t17-/m1/s1. The quantitative estimate of drug-likeness (QED) is 0.554. The number of benzene rings is 2. The fourth-order valence-electron chi connectivity index (χ4n) is 3.13. The zero-order valence-corrected chi connectivity index (χ0v) is 13.8. The van der Waals surface area contributed by atoms with Crippen LogP contribution >= 0.6 is 0 Å². The Labute approximate surface area is 146 Å². The van der Waals surface area contributed by atoms with Crippen LogP contribution in [0.25, 0.3) is 11.1 Å². The molecule has 6 nitrogen and oxygen atoms in total. The number of urea groups is 1. The molecule has 0 bridgehead atoms. The Morgan fingerprint density at radius 3 is 2.64 bits per heavy atom. The van der Waals surface area contributed by atoms with Crippen molar-refractivity contribution in [3.63, 3.8) is 0 Å². The first-order valence-corrected chi connectivity index (χ1v) is 8.30. The molecule has 2 aromatic carbocycles. The van der Waals surface area contributed by atoms with E-state index in [4.69, 9.17) is 10.8 Å². The van der Waals surface area contributed by atoms with Gasteiger partial charge in [-0.05, 0) is 60.2 Å². The molecule has 0 radical (unpaired) electrons. The molecule has 1 aliphatic carbocycles. The third-order valence-corrected chi connectivity index (χ3v) is 4.35. The van der Waals surface area contributed by atoms with Crippen molar-refractivity contribution in [3.05, 3.63) is 53.6 Å². The maximum atomic E-state index is 12.1. The number of anilines is 1. The van der Waals surface area contributed by atoms with E-state index in [2.05, 4.69) is 22.8 Å². The summed E-state index contributed by atoms with van der Waals surface area (Å²) < 4.78 is 0. The number of carbonyl (C=O) groups excluding carboxylic acids is 1. The van der Waals surface area contributed by atoms with Crippen LogP contribution in [0.2, 0.25) is 0 Å². The van der Waals surface area contributed by atoms with Crippen molar-refractivity contribution in [1.82, 2.24) is 5.32 Å². The number of nitrogens with one attached hydrogen (secondary N) is 2. The first-order chi connectivity index (χ1) is 12.1. The summed E-state index contributed by atoms with van der Waals surface area (Å²) in [5.41, 5.74) is 10.9. The van der Waals surface area contributed by atoms with Crippen molar-refractivity contribution in [2.45, 2.75) is 25.3 Å². The second-order valence-corrected chi connectivity index (χ2v) is 6.13. The van der Waals surface area contributed by atoms with Crippen molar-refractivity contribution in [1.29, 1.82) is 0 Å². The lowest BCUT2D eigenvalue weighted by Crippen LogP contribution is -2.43. The van der Waals surface area contributed by atoms with E-state index in [9.17, 15) is 9.59 Å². The molecule has 0 heterocycles. The molecule has 130 valence electrons. The molecule has 2 amide bonds. The molecule has 0 spiro atoms. The number of aliphatic carboxylic acids is 1. The smallest absolute Gasteiger partial charge is 0.326 e. The minimum atomic E-state index is -1.06. The summed E-state index contributed by atoms with van der Waals surface area (Å²) in [6.45, 7) is 0.387. The molecule has 0 aliphatic heterocycles. The number of hydrogen-bond acceptors (Lipinski definition) is 3. The molecule has 5 N–H and O–H groups in total. The molecule has 1 aliphatic rings. The minimum absolute atomic E-state index is 0.304. The van der Waals surface area contributed by atoms with Crippen LogP contribution in [0.5, 0.6) is 0 Å². The Bertz CT molecular complexity index is 804. The van der Waals surface area contributed by atoms with Gasteiger partial charge < -0.3 is 21.5 Å². The van der Waals surface area contributed by atoms with Crippen LogP contribution in [0.3, 0.4) is 0 Å². The van der Waals surface area contributed by atoms with E-state index in [0.29, 0.717) is 25.1 Å². The maximum Gasteiger partial charge on any atom is 0.326 e. The van der Waals surface area contributed by atoms with Crippen molar-refractivity contribution >= 4 is 17.7 Å². The van der Waals surface area contributed by atoms with Gasteiger partial charge in [-0.25, -0.2) is 9.59 Å². The van der Waals surface area contributed by atoms with Crippen molar-refractivity contribution in [2.75, 3.05) is 11.9 Å². The van der Waals surface area contributed by atoms with E-state index in [1.54, 1.807) is 0 Å². The number of carbonyl (C=O) groups is 2. The minimum Gasteiger partial charge on any atom is -0.480 e. The van der Waals surface area contributed by atoms with E-state index in [0.717, 1.165) is 12.0 Å². The van der Waals surface area contributed by atoms with Crippen LogP contribution in [0.15, 0.2) is 42.5 Å². The highest BCUT2D eigenvalue weighted by Crippen LogP contribution is 2.37. The van der Waals surface area contributed by atoms with Gasteiger partial charge >= 0.3 is 12.0 Å². The van der Waals surface area contributed by atoms with Gasteiger partial charge in [0.15, 0.2) is 0 Å². The van der Waals surface area contributed by atoms with E-state index in [1.807, 2.05) is 30.3 Å². The number of fused-ring (bicyclic) bond motifs is 3. The van der Waals surface area contributed by atoms with Crippen LogP contribution in [0, 0.1) is 0 Å². The normalized spacial score (nSPS) is 12.8. The number of carboxylic acids is 1. The van der Waals surface area contributed by atoms with Crippen LogP contribution in [-0.2, 0) is 11.2 Å². The molecule has 0 saturated carbocycles. The SMILES string of the molecule is NCCC[C@@H](NC(=O)Nc1ccc2c(c1)Cc1ccccc1-2)C(=O)O. The van der Waals surface area contributed by atoms with Gasteiger partial charge in [0.05, 0.1) is 0 Å². The zero-order valence-electron chi connectivity index (χ0n) is 13.8. The molecule has 25 heavy (non-hydrogen) atoms. The summed E-state index contributed by atoms with van der Waals surface area (Å²) in [6, 6.07) is 12.5. The Hall–Kier alpha value is -2.86. The van der Waals surface area contributed by atoms with Gasteiger partial charge in [-0.2, -0.15) is 0 Å². The maximum absolute atomic E-state index is 12.1. The van der Waals surface area contributed by atoms with Crippen LogP contribution < -0.4 is 16.4 Å². The highest BCUT2D eigenvalue weighted by Gasteiger charge is 2.21. The number of carboxylic acid groups (broad SMARTS) is 1. The Kier molecular flexibility index (Phi) is 5.00. The zero-order chi connectivity index (χ0) is 17.8. The second-order valence-electron chi connectivity index (χ2n) is 6.13. The van der Waals surface area contributed by atoms with Gasteiger partial charge in [-0.15, -0.1) is 0 Å². The van der Waals surface area contributed by atoms with Crippen LogP contribution in [0.4, 0.5) is 10.5 Å². The lowest BCUT2D eigenvalue weighted by atomic mass is 10.1. The molecule has 6 heteroatoms. The number of nitrogens with two attached hydrogens (primary N) is 1. The fourth-order valence-corrected chi connectivity index (χ4v) is 3.13.